The number of nitrogens with zero attached hydrogens (tertiary/aromatic N) is 3. The molecule has 1 aromatic heterocycles. The summed E-state index contributed by atoms with van der Waals surface area (Å²) in [6.45, 7) is 4.20. The summed E-state index contributed by atoms with van der Waals surface area (Å²) in [6.07, 6.45) is 0.960. The third-order valence-corrected chi connectivity index (χ3v) is 3.93. The molecule has 5 nitrogen and oxygen atoms in total. The highest BCUT2D eigenvalue weighted by molar-refractivity contribution is 5.49. The molecule has 0 spiro atoms. The second kappa shape index (κ2) is 6.32. The second-order valence-electron chi connectivity index (χ2n) is 5.49. The highest BCUT2D eigenvalue weighted by Gasteiger charge is 2.20. The van der Waals surface area contributed by atoms with Crippen LogP contribution in [0.1, 0.15) is 22.6 Å². The van der Waals surface area contributed by atoms with Gasteiger partial charge in [-0.1, -0.05) is 12.1 Å². The van der Waals surface area contributed by atoms with Crippen molar-refractivity contribution in [1.29, 1.82) is 0 Å². The van der Waals surface area contributed by atoms with Gasteiger partial charge >= 0.3 is 0 Å². The average molecular weight is 299 g/mol. The van der Waals surface area contributed by atoms with Gasteiger partial charge in [0.05, 0.1) is 7.11 Å². The van der Waals surface area contributed by atoms with Crippen LogP contribution >= 0.6 is 0 Å². The molecule has 0 N–H and O–H groups in total. The van der Waals surface area contributed by atoms with Crippen molar-refractivity contribution in [3.05, 3.63) is 46.9 Å². The van der Waals surface area contributed by atoms with Crippen molar-refractivity contribution in [2.75, 3.05) is 25.7 Å². The van der Waals surface area contributed by atoms with Gasteiger partial charge < -0.3 is 14.4 Å². The molecule has 0 saturated heterocycles. The van der Waals surface area contributed by atoms with Crippen molar-refractivity contribution in [1.82, 2.24) is 9.97 Å². The first-order valence-electron chi connectivity index (χ1n) is 7.44. The Bertz CT molecular complexity index is 673. The maximum absolute atomic E-state index is 5.46. The fourth-order valence-corrected chi connectivity index (χ4v) is 2.93. The van der Waals surface area contributed by atoms with E-state index in [2.05, 4.69) is 20.9 Å². The van der Waals surface area contributed by atoms with Gasteiger partial charge in [-0.05, 0) is 25.0 Å². The van der Waals surface area contributed by atoms with Gasteiger partial charge in [-0.15, -0.1) is 0 Å². The van der Waals surface area contributed by atoms with Crippen LogP contribution in [0.25, 0.3) is 0 Å². The Hall–Kier alpha value is -2.14. The number of ether oxygens (including phenoxy) is 2. The molecule has 1 aliphatic heterocycles. The predicted octanol–water partition coefficient (Wildman–Crippen LogP) is 2.50. The molecule has 1 aliphatic rings. The van der Waals surface area contributed by atoms with Crippen molar-refractivity contribution in [2.24, 2.45) is 0 Å². The molecule has 0 saturated carbocycles. The topological polar surface area (TPSA) is 47.5 Å². The smallest absolute Gasteiger partial charge is 0.156 e. The van der Waals surface area contributed by atoms with E-state index < -0.39 is 0 Å². The van der Waals surface area contributed by atoms with E-state index in [0.717, 1.165) is 42.6 Å². The van der Waals surface area contributed by atoms with Gasteiger partial charge in [0.2, 0.25) is 0 Å². The summed E-state index contributed by atoms with van der Waals surface area (Å²) in [6, 6.07) is 8.27. The molecule has 0 atom stereocenters. The first kappa shape index (κ1) is 14.8. The number of rotatable bonds is 4. The Kier molecular flexibility index (Phi) is 4.24. The molecule has 0 unspecified atom stereocenters. The number of aryl methyl sites for hydroxylation is 1. The maximum Gasteiger partial charge on any atom is 0.156 e. The number of methoxy groups -OCH3 is 2. The molecule has 116 valence electrons. The summed E-state index contributed by atoms with van der Waals surface area (Å²) in [5.74, 6) is 2.68. The van der Waals surface area contributed by atoms with Crippen molar-refractivity contribution in [3.63, 3.8) is 0 Å². The van der Waals surface area contributed by atoms with E-state index in [1.807, 2.05) is 25.1 Å². The molecular weight excluding hydrogens is 278 g/mol. The molecule has 0 aliphatic carbocycles. The largest absolute Gasteiger partial charge is 0.496 e. The van der Waals surface area contributed by atoms with E-state index in [9.17, 15) is 0 Å². The van der Waals surface area contributed by atoms with E-state index in [1.165, 1.54) is 11.1 Å². The van der Waals surface area contributed by atoms with Crippen LogP contribution in [0.2, 0.25) is 0 Å². The van der Waals surface area contributed by atoms with Crippen molar-refractivity contribution < 1.29 is 9.47 Å². The van der Waals surface area contributed by atoms with Gasteiger partial charge in [0.25, 0.3) is 0 Å². The standard InChI is InChI=1S/C17H21N3O2/c1-12-9-17(19-16(18-12)11-21-2)20-8-7-14-13(10-20)5-4-6-15(14)22-3/h4-6,9H,7-8,10-11H2,1-3H3. The van der Waals surface area contributed by atoms with Crippen LogP contribution < -0.4 is 9.64 Å². The number of hydrogen-bond acceptors (Lipinski definition) is 5. The first-order valence-corrected chi connectivity index (χ1v) is 7.44. The number of aromatic nitrogens is 2. The Morgan fingerprint density at radius 1 is 1.23 bits per heavy atom. The fourth-order valence-electron chi connectivity index (χ4n) is 2.93. The van der Waals surface area contributed by atoms with Gasteiger partial charge in [0.15, 0.2) is 5.82 Å². The van der Waals surface area contributed by atoms with Crippen LogP contribution in [0.4, 0.5) is 5.82 Å². The summed E-state index contributed by atoms with van der Waals surface area (Å²) in [5.41, 5.74) is 3.58. The Morgan fingerprint density at radius 2 is 2.09 bits per heavy atom. The highest BCUT2D eigenvalue weighted by atomic mass is 16.5. The van der Waals surface area contributed by atoms with Crippen molar-refractivity contribution in [2.45, 2.75) is 26.5 Å². The molecule has 3 rings (SSSR count). The average Bonchev–Trinajstić information content (AvgIpc) is 2.53. The van der Waals surface area contributed by atoms with Crippen LogP contribution in [0, 0.1) is 6.92 Å². The molecule has 5 heteroatoms. The summed E-state index contributed by atoms with van der Waals surface area (Å²) in [5, 5.41) is 0. The minimum Gasteiger partial charge on any atom is -0.496 e. The normalized spacial score (nSPS) is 13.9. The summed E-state index contributed by atoms with van der Waals surface area (Å²) < 4.78 is 10.6. The monoisotopic (exact) mass is 299 g/mol. The molecule has 1 aromatic carbocycles. The molecule has 0 fully saturated rings. The molecule has 0 radical (unpaired) electrons. The fraction of sp³-hybridized carbons (Fsp3) is 0.412. The Balaban J connectivity index is 1.88. The lowest BCUT2D eigenvalue weighted by Crippen LogP contribution is -2.31. The zero-order valence-corrected chi connectivity index (χ0v) is 13.3. The van der Waals surface area contributed by atoms with Crippen LogP contribution in [0.3, 0.4) is 0 Å². The van der Waals surface area contributed by atoms with Gasteiger partial charge in [-0.2, -0.15) is 0 Å². The molecule has 0 bridgehead atoms. The SMILES string of the molecule is COCc1nc(C)cc(N2CCc3c(cccc3OC)C2)n1. The number of anilines is 1. The third-order valence-electron chi connectivity index (χ3n) is 3.93. The number of benzene rings is 1. The lowest BCUT2D eigenvalue weighted by molar-refractivity contribution is 0.177. The number of hydrogen-bond donors (Lipinski definition) is 0. The second-order valence-corrected chi connectivity index (χ2v) is 5.49. The highest BCUT2D eigenvalue weighted by Crippen LogP contribution is 2.29. The van der Waals surface area contributed by atoms with Crippen LogP contribution in [0.15, 0.2) is 24.3 Å². The van der Waals surface area contributed by atoms with Crippen molar-refractivity contribution >= 4 is 5.82 Å². The summed E-state index contributed by atoms with van der Waals surface area (Å²) in [7, 11) is 3.39. The van der Waals surface area contributed by atoms with Crippen LogP contribution in [-0.4, -0.2) is 30.7 Å². The van der Waals surface area contributed by atoms with Crippen LogP contribution in [-0.2, 0) is 24.3 Å². The van der Waals surface area contributed by atoms with E-state index in [0.29, 0.717) is 6.61 Å². The van der Waals surface area contributed by atoms with E-state index in [1.54, 1.807) is 14.2 Å². The molecule has 2 aromatic rings. The van der Waals surface area contributed by atoms with Gasteiger partial charge in [-0.3, -0.25) is 0 Å². The third kappa shape index (κ3) is 2.90. The predicted molar refractivity (Wildman–Crippen MR) is 85.2 cm³/mol. The minimum absolute atomic E-state index is 0.437. The maximum atomic E-state index is 5.46. The summed E-state index contributed by atoms with van der Waals surface area (Å²) in [4.78, 5) is 11.3. The molecular formula is C17H21N3O2. The molecule has 22 heavy (non-hydrogen) atoms. The minimum atomic E-state index is 0.437. The Morgan fingerprint density at radius 3 is 2.86 bits per heavy atom. The quantitative estimate of drug-likeness (QED) is 0.868. The van der Waals surface area contributed by atoms with Gasteiger partial charge in [-0.25, -0.2) is 9.97 Å². The van der Waals surface area contributed by atoms with E-state index in [-0.39, 0.29) is 0 Å². The first-order chi connectivity index (χ1) is 10.7. The zero-order chi connectivity index (χ0) is 15.5. The number of fused-ring (bicyclic) bond motifs is 1. The molecule has 2 heterocycles. The van der Waals surface area contributed by atoms with Crippen molar-refractivity contribution in [3.8, 4) is 5.75 Å². The van der Waals surface area contributed by atoms with Gasteiger partial charge in [0.1, 0.15) is 18.2 Å². The zero-order valence-electron chi connectivity index (χ0n) is 13.3. The lowest BCUT2D eigenvalue weighted by Gasteiger charge is -2.31. The van der Waals surface area contributed by atoms with Crippen LogP contribution in [0.5, 0.6) is 5.75 Å². The molecule has 0 amide bonds. The van der Waals surface area contributed by atoms with Gasteiger partial charge in [0, 0.05) is 37.5 Å². The lowest BCUT2D eigenvalue weighted by atomic mass is 9.98. The van der Waals surface area contributed by atoms with E-state index in [4.69, 9.17) is 9.47 Å². The summed E-state index contributed by atoms with van der Waals surface area (Å²) >= 11 is 0. The Labute approximate surface area is 130 Å². The van der Waals surface area contributed by atoms with E-state index >= 15 is 0 Å².